The molecule has 0 fully saturated rings. The van der Waals surface area contributed by atoms with E-state index >= 15 is 0 Å². The summed E-state index contributed by atoms with van der Waals surface area (Å²) in [4.78, 5) is 12.1. The van der Waals surface area contributed by atoms with E-state index in [1.807, 2.05) is 18.2 Å². The zero-order valence-electron chi connectivity index (χ0n) is 10.3. The molecule has 0 radical (unpaired) electrons. The molecule has 94 valence electrons. The number of carbonyl (C=O) groups is 1. The SMILES string of the molecule is CC(Br)CCCNC(=O)CCc1ccccc1. The lowest BCUT2D eigenvalue weighted by molar-refractivity contribution is -0.121. The van der Waals surface area contributed by atoms with Gasteiger partial charge in [0.15, 0.2) is 0 Å². The highest BCUT2D eigenvalue weighted by Gasteiger charge is 2.02. The summed E-state index contributed by atoms with van der Waals surface area (Å²) in [5.41, 5.74) is 1.22. The van der Waals surface area contributed by atoms with Gasteiger partial charge in [-0.25, -0.2) is 0 Å². The van der Waals surface area contributed by atoms with Gasteiger partial charge in [0.25, 0.3) is 0 Å². The number of benzene rings is 1. The van der Waals surface area contributed by atoms with Crippen LogP contribution in [0.5, 0.6) is 0 Å². The smallest absolute Gasteiger partial charge is 0.220 e. The van der Waals surface area contributed by atoms with Crippen LogP contribution in [0.25, 0.3) is 0 Å². The molecule has 1 amide bonds. The zero-order valence-corrected chi connectivity index (χ0v) is 11.9. The van der Waals surface area contributed by atoms with Crippen molar-refractivity contribution in [2.45, 2.75) is 37.4 Å². The first-order valence-electron chi connectivity index (χ1n) is 6.13. The molecule has 0 aliphatic heterocycles. The second-order valence-corrected chi connectivity index (χ2v) is 5.82. The van der Waals surface area contributed by atoms with Gasteiger partial charge in [-0.05, 0) is 24.8 Å². The molecule has 1 rings (SSSR count). The van der Waals surface area contributed by atoms with Crippen LogP contribution in [0.2, 0.25) is 0 Å². The van der Waals surface area contributed by atoms with Crippen molar-refractivity contribution in [1.82, 2.24) is 5.32 Å². The van der Waals surface area contributed by atoms with Crippen LogP contribution in [0.15, 0.2) is 30.3 Å². The lowest BCUT2D eigenvalue weighted by Gasteiger charge is -2.06. The molecule has 0 saturated heterocycles. The molecule has 0 spiro atoms. The van der Waals surface area contributed by atoms with Crippen molar-refractivity contribution in [3.63, 3.8) is 0 Å². The number of alkyl halides is 1. The van der Waals surface area contributed by atoms with Gasteiger partial charge in [0.1, 0.15) is 0 Å². The van der Waals surface area contributed by atoms with Crippen LogP contribution in [-0.4, -0.2) is 17.3 Å². The van der Waals surface area contributed by atoms with E-state index in [9.17, 15) is 4.79 Å². The molecule has 0 bridgehead atoms. The first kappa shape index (κ1) is 14.2. The third kappa shape index (κ3) is 7.16. The van der Waals surface area contributed by atoms with Crippen LogP contribution in [0.4, 0.5) is 0 Å². The van der Waals surface area contributed by atoms with E-state index < -0.39 is 0 Å². The Hall–Kier alpha value is -0.830. The van der Waals surface area contributed by atoms with Gasteiger partial charge in [-0.2, -0.15) is 0 Å². The van der Waals surface area contributed by atoms with E-state index in [1.165, 1.54) is 5.56 Å². The molecule has 1 unspecified atom stereocenters. The predicted molar refractivity (Wildman–Crippen MR) is 75.4 cm³/mol. The summed E-state index contributed by atoms with van der Waals surface area (Å²) in [6, 6.07) is 10.1. The topological polar surface area (TPSA) is 29.1 Å². The molecule has 3 heteroatoms. The first-order chi connectivity index (χ1) is 8.18. The van der Waals surface area contributed by atoms with E-state index in [1.54, 1.807) is 0 Å². The lowest BCUT2D eigenvalue weighted by Crippen LogP contribution is -2.24. The van der Waals surface area contributed by atoms with Crippen molar-refractivity contribution in [2.24, 2.45) is 0 Å². The summed E-state index contributed by atoms with van der Waals surface area (Å²) in [6.07, 6.45) is 3.53. The fourth-order valence-corrected chi connectivity index (χ4v) is 1.93. The highest BCUT2D eigenvalue weighted by Crippen LogP contribution is 2.05. The molecular formula is C14H20BrNO. The minimum Gasteiger partial charge on any atom is -0.356 e. The van der Waals surface area contributed by atoms with E-state index in [0.717, 1.165) is 25.8 Å². The molecule has 0 saturated carbocycles. The van der Waals surface area contributed by atoms with Crippen molar-refractivity contribution in [3.05, 3.63) is 35.9 Å². The van der Waals surface area contributed by atoms with Gasteiger partial charge in [0.05, 0.1) is 0 Å². The van der Waals surface area contributed by atoms with Crippen molar-refractivity contribution >= 4 is 21.8 Å². The zero-order chi connectivity index (χ0) is 12.5. The maximum absolute atomic E-state index is 11.5. The van der Waals surface area contributed by atoms with Crippen LogP contribution in [0, 0.1) is 0 Å². The average Bonchev–Trinajstić information content (AvgIpc) is 2.33. The van der Waals surface area contributed by atoms with Crippen molar-refractivity contribution in [3.8, 4) is 0 Å². The summed E-state index contributed by atoms with van der Waals surface area (Å²) in [5, 5.41) is 2.95. The number of carbonyl (C=O) groups excluding carboxylic acids is 1. The fraction of sp³-hybridized carbons (Fsp3) is 0.500. The summed E-state index contributed by atoms with van der Waals surface area (Å²) in [5.74, 6) is 0.149. The normalized spacial score (nSPS) is 12.1. The van der Waals surface area contributed by atoms with Crippen LogP contribution >= 0.6 is 15.9 Å². The van der Waals surface area contributed by atoms with E-state index in [2.05, 4.69) is 40.3 Å². The highest BCUT2D eigenvalue weighted by atomic mass is 79.9. The quantitative estimate of drug-likeness (QED) is 0.607. The molecule has 1 atom stereocenters. The summed E-state index contributed by atoms with van der Waals surface area (Å²) in [7, 11) is 0. The van der Waals surface area contributed by atoms with Crippen LogP contribution < -0.4 is 5.32 Å². The molecule has 0 aliphatic carbocycles. The van der Waals surface area contributed by atoms with Gasteiger partial charge < -0.3 is 5.32 Å². The van der Waals surface area contributed by atoms with E-state index in [4.69, 9.17) is 0 Å². The minimum atomic E-state index is 0.149. The van der Waals surface area contributed by atoms with E-state index in [0.29, 0.717) is 11.2 Å². The minimum absolute atomic E-state index is 0.149. The molecular weight excluding hydrogens is 278 g/mol. The Morgan fingerprint density at radius 3 is 2.71 bits per heavy atom. The number of amides is 1. The fourth-order valence-electron chi connectivity index (χ4n) is 1.60. The predicted octanol–water partition coefficient (Wildman–Crippen LogP) is 3.30. The monoisotopic (exact) mass is 297 g/mol. The second-order valence-electron chi connectivity index (χ2n) is 4.26. The Balaban J connectivity index is 2.09. The van der Waals surface area contributed by atoms with Crippen molar-refractivity contribution < 1.29 is 4.79 Å². The first-order valence-corrected chi connectivity index (χ1v) is 7.04. The third-order valence-corrected chi connectivity index (χ3v) is 3.04. The van der Waals surface area contributed by atoms with Crippen molar-refractivity contribution in [2.75, 3.05) is 6.54 Å². The summed E-state index contributed by atoms with van der Waals surface area (Å²) in [6.45, 7) is 2.90. The maximum Gasteiger partial charge on any atom is 0.220 e. The van der Waals surface area contributed by atoms with Gasteiger partial charge in [-0.1, -0.05) is 53.2 Å². The average molecular weight is 298 g/mol. The molecule has 2 nitrogen and oxygen atoms in total. The standard InChI is InChI=1S/C14H20BrNO/c1-12(15)6-5-11-16-14(17)10-9-13-7-3-2-4-8-13/h2-4,7-8,12H,5-6,9-11H2,1H3,(H,16,17). The number of aryl methyl sites for hydroxylation is 1. The molecule has 1 N–H and O–H groups in total. The Morgan fingerprint density at radius 1 is 1.35 bits per heavy atom. The second kappa shape index (κ2) is 8.29. The van der Waals surface area contributed by atoms with Gasteiger partial charge in [0, 0.05) is 17.8 Å². The van der Waals surface area contributed by atoms with Crippen molar-refractivity contribution in [1.29, 1.82) is 0 Å². The summed E-state index contributed by atoms with van der Waals surface area (Å²) < 4.78 is 0. The number of hydrogen-bond donors (Lipinski definition) is 1. The summed E-state index contributed by atoms with van der Waals surface area (Å²) >= 11 is 3.49. The van der Waals surface area contributed by atoms with Crippen LogP contribution in [0.3, 0.4) is 0 Å². The van der Waals surface area contributed by atoms with Gasteiger partial charge in [-0.15, -0.1) is 0 Å². The Labute approximate surface area is 112 Å². The van der Waals surface area contributed by atoms with Gasteiger partial charge in [0.2, 0.25) is 5.91 Å². The molecule has 1 aromatic carbocycles. The molecule has 1 aromatic rings. The molecule has 0 heterocycles. The molecule has 17 heavy (non-hydrogen) atoms. The molecule has 0 aliphatic rings. The Morgan fingerprint density at radius 2 is 2.06 bits per heavy atom. The Kier molecular flexibility index (Phi) is 6.94. The highest BCUT2D eigenvalue weighted by molar-refractivity contribution is 9.09. The maximum atomic E-state index is 11.5. The molecule has 0 aromatic heterocycles. The van der Waals surface area contributed by atoms with Gasteiger partial charge in [-0.3, -0.25) is 4.79 Å². The van der Waals surface area contributed by atoms with Gasteiger partial charge >= 0.3 is 0 Å². The third-order valence-electron chi connectivity index (χ3n) is 2.58. The number of hydrogen-bond acceptors (Lipinski definition) is 1. The largest absolute Gasteiger partial charge is 0.356 e. The number of halogens is 1. The number of nitrogens with one attached hydrogen (secondary N) is 1. The van der Waals surface area contributed by atoms with E-state index in [-0.39, 0.29) is 5.91 Å². The van der Waals surface area contributed by atoms with Crippen LogP contribution in [0.1, 0.15) is 31.7 Å². The van der Waals surface area contributed by atoms with Crippen LogP contribution in [-0.2, 0) is 11.2 Å². The Bertz CT molecular complexity index is 324. The lowest BCUT2D eigenvalue weighted by atomic mass is 10.1. The number of rotatable bonds is 7.